The van der Waals surface area contributed by atoms with Crippen molar-refractivity contribution in [2.45, 2.75) is 45.3 Å². The van der Waals surface area contributed by atoms with E-state index in [2.05, 4.69) is 42.4 Å². The van der Waals surface area contributed by atoms with Crippen LogP contribution >= 0.6 is 34.7 Å². The van der Waals surface area contributed by atoms with E-state index in [4.69, 9.17) is 16.0 Å². The molecule has 1 aliphatic carbocycles. The fourth-order valence-electron chi connectivity index (χ4n) is 3.80. The van der Waals surface area contributed by atoms with Gasteiger partial charge in [0, 0.05) is 15.5 Å². The zero-order valence-corrected chi connectivity index (χ0v) is 20.5. The summed E-state index contributed by atoms with van der Waals surface area (Å²) in [4.78, 5) is 13.8. The molecule has 0 unspecified atom stereocenters. The van der Waals surface area contributed by atoms with Crippen molar-refractivity contribution in [3.8, 4) is 17.5 Å². The Bertz CT molecular complexity index is 1170. The molecule has 2 aromatic heterocycles. The van der Waals surface area contributed by atoms with E-state index < -0.39 is 0 Å². The van der Waals surface area contributed by atoms with Crippen LogP contribution in [-0.2, 0) is 17.6 Å². The summed E-state index contributed by atoms with van der Waals surface area (Å²) in [7, 11) is 0. The molecule has 0 saturated carbocycles. The van der Waals surface area contributed by atoms with Crippen LogP contribution in [0, 0.1) is 22.7 Å². The molecule has 3 aromatic rings. The SMILES string of the molecule is CC(C)(C)[C@@H]1CCc2c(sc(NC(=O)CSc3nnc(-c4ccc(Cl)cc4)o3)c2C#N)C1. The van der Waals surface area contributed by atoms with Crippen LogP contribution in [0.15, 0.2) is 33.9 Å². The highest BCUT2D eigenvalue weighted by molar-refractivity contribution is 7.99. The van der Waals surface area contributed by atoms with Crippen LogP contribution < -0.4 is 5.32 Å². The molecule has 9 heteroatoms. The molecule has 166 valence electrons. The van der Waals surface area contributed by atoms with Crippen molar-refractivity contribution in [2.24, 2.45) is 11.3 Å². The van der Waals surface area contributed by atoms with E-state index in [0.717, 1.165) is 42.2 Å². The lowest BCUT2D eigenvalue weighted by molar-refractivity contribution is -0.113. The molecule has 0 bridgehead atoms. The van der Waals surface area contributed by atoms with Crippen LogP contribution in [0.4, 0.5) is 5.00 Å². The highest BCUT2D eigenvalue weighted by atomic mass is 35.5. The first-order valence-electron chi connectivity index (χ1n) is 10.3. The van der Waals surface area contributed by atoms with Crippen LogP contribution in [0.25, 0.3) is 11.5 Å². The fourth-order valence-corrected chi connectivity index (χ4v) is 5.78. The number of thioether (sulfide) groups is 1. The third-order valence-electron chi connectivity index (χ3n) is 5.68. The standard InChI is InChI=1S/C23H23ClN4O2S2/c1-23(2,3)14-6-9-16-17(11-25)21(32-18(16)10-14)26-19(29)12-31-22-28-27-20(30-22)13-4-7-15(24)8-5-13/h4-5,7-8,14H,6,9-10,12H2,1-3H3,(H,26,29)/t14-/m1/s1. The molecule has 0 radical (unpaired) electrons. The highest BCUT2D eigenvalue weighted by Crippen LogP contribution is 2.44. The van der Waals surface area contributed by atoms with E-state index in [-0.39, 0.29) is 17.1 Å². The largest absolute Gasteiger partial charge is 0.411 e. The van der Waals surface area contributed by atoms with Crippen LogP contribution in [0.5, 0.6) is 0 Å². The predicted molar refractivity (Wildman–Crippen MR) is 128 cm³/mol. The Morgan fingerprint density at radius 3 is 2.78 bits per heavy atom. The molecule has 1 atom stereocenters. The van der Waals surface area contributed by atoms with E-state index >= 15 is 0 Å². The van der Waals surface area contributed by atoms with Gasteiger partial charge < -0.3 is 9.73 Å². The summed E-state index contributed by atoms with van der Waals surface area (Å²) in [5, 5.41) is 22.2. The van der Waals surface area contributed by atoms with Gasteiger partial charge in [0.1, 0.15) is 11.1 Å². The average molecular weight is 487 g/mol. The van der Waals surface area contributed by atoms with Crippen LogP contribution in [-0.4, -0.2) is 21.9 Å². The zero-order valence-electron chi connectivity index (χ0n) is 18.1. The van der Waals surface area contributed by atoms with Crippen molar-refractivity contribution in [3.05, 3.63) is 45.3 Å². The van der Waals surface area contributed by atoms with Gasteiger partial charge in [-0.1, -0.05) is 44.1 Å². The number of nitriles is 1. The van der Waals surface area contributed by atoms with Gasteiger partial charge in [-0.15, -0.1) is 21.5 Å². The maximum Gasteiger partial charge on any atom is 0.277 e. The van der Waals surface area contributed by atoms with Crippen molar-refractivity contribution in [1.29, 1.82) is 5.26 Å². The number of thiophene rings is 1. The quantitative estimate of drug-likeness (QED) is 0.431. The van der Waals surface area contributed by atoms with Gasteiger partial charge in [-0.3, -0.25) is 4.79 Å². The monoisotopic (exact) mass is 486 g/mol. The molecular formula is C23H23ClN4O2S2. The Kier molecular flexibility index (Phi) is 6.61. The van der Waals surface area contributed by atoms with Gasteiger partial charge in [0.2, 0.25) is 11.8 Å². The maximum absolute atomic E-state index is 12.6. The number of anilines is 1. The molecule has 0 saturated heterocycles. The number of hydrogen-bond donors (Lipinski definition) is 1. The van der Waals surface area contributed by atoms with Crippen molar-refractivity contribution in [3.63, 3.8) is 0 Å². The van der Waals surface area contributed by atoms with Crippen LogP contribution in [0.2, 0.25) is 5.02 Å². The average Bonchev–Trinajstić information content (AvgIpc) is 3.35. The Hall–Kier alpha value is -2.34. The molecule has 0 fully saturated rings. The van der Waals surface area contributed by atoms with Crippen molar-refractivity contribution in [2.75, 3.05) is 11.1 Å². The number of hydrogen-bond acceptors (Lipinski definition) is 7. The molecular weight excluding hydrogens is 464 g/mol. The summed E-state index contributed by atoms with van der Waals surface area (Å²) < 4.78 is 5.63. The number of carbonyl (C=O) groups is 1. The van der Waals surface area contributed by atoms with Gasteiger partial charge >= 0.3 is 0 Å². The third-order valence-corrected chi connectivity index (χ3v) is 7.92. The molecule has 0 aliphatic heterocycles. The minimum Gasteiger partial charge on any atom is -0.411 e. The lowest BCUT2D eigenvalue weighted by atomic mass is 9.72. The minimum atomic E-state index is -0.205. The number of benzene rings is 1. The molecule has 1 N–H and O–H groups in total. The van der Waals surface area contributed by atoms with Crippen molar-refractivity contribution in [1.82, 2.24) is 10.2 Å². The number of rotatable bonds is 5. The minimum absolute atomic E-state index is 0.111. The first kappa shape index (κ1) is 22.8. The topological polar surface area (TPSA) is 91.8 Å². The first-order chi connectivity index (χ1) is 15.2. The number of nitrogens with one attached hydrogen (secondary N) is 1. The summed E-state index contributed by atoms with van der Waals surface area (Å²) >= 11 is 8.60. The Labute approximate surface area is 200 Å². The number of carbonyl (C=O) groups excluding carboxylic acids is 1. The number of fused-ring (bicyclic) bond motifs is 1. The van der Waals surface area contributed by atoms with Gasteiger partial charge in [0.15, 0.2) is 0 Å². The molecule has 1 aromatic carbocycles. The summed E-state index contributed by atoms with van der Waals surface area (Å²) in [6, 6.07) is 9.39. The first-order valence-corrected chi connectivity index (χ1v) is 12.5. The Morgan fingerprint density at radius 1 is 1.34 bits per heavy atom. The lowest BCUT2D eigenvalue weighted by Crippen LogP contribution is -2.26. The van der Waals surface area contributed by atoms with Gasteiger partial charge in [0.05, 0.1) is 11.3 Å². The second-order valence-corrected chi connectivity index (χ2v) is 11.3. The second-order valence-electron chi connectivity index (χ2n) is 8.84. The van der Waals surface area contributed by atoms with Gasteiger partial charge in [-0.05, 0) is 60.4 Å². The van der Waals surface area contributed by atoms with E-state index in [1.165, 1.54) is 16.2 Å². The van der Waals surface area contributed by atoms with Gasteiger partial charge in [-0.2, -0.15) is 5.26 Å². The van der Waals surface area contributed by atoms with E-state index in [1.54, 1.807) is 24.3 Å². The van der Waals surface area contributed by atoms with Crippen molar-refractivity contribution < 1.29 is 9.21 Å². The lowest BCUT2D eigenvalue weighted by Gasteiger charge is -2.33. The van der Waals surface area contributed by atoms with Crippen molar-refractivity contribution >= 4 is 45.6 Å². The number of nitrogens with zero attached hydrogens (tertiary/aromatic N) is 3. The molecule has 0 spiro atoms. The molecule has 1 aliphatic rings. The van der Waals surface area contributed by atoms with E-state index in [9.17, 15) is 10.1 Å². The molecule has 1 amide bonds. The summed E-state index contributed by atoms with van der Waals surface area (Å²) in [5.74, 6) is 0.853. The summed E-state index contributed by atoms with van der Waals surface area (Å²) in [6.45, 7) is 6.78. The smallest absolute Gasteiger partial charge is 0.277 e. The van der Waals surface area contributed by atoms with Crippen LogP contribution in [0.1, 0.15) is 43.2 Å². The van der Waals surface area contributed by atoms with Gasteiger partial charge in [0.25, 0.3) is 5.22 Å². The van der Waals surface area contributed by atoms with E-state index in [0.29, 0.717) is 32.6 Å². The normalized spacial score (nSPS) is 15.8. The van der Waals surface area contributed by atoms with Crippen LogP contribution in [0.3, 0.4) is 0 Å². The molecule has 32 heavy (non-hydrogen) atoms. The number of halogens is 1. The second kappa shape index (κ2) is 9.26. The Morgan fingerprint density at radius 2 is 2.09 bits per heavy atom. The molecule has 6 nitrogen and oxygen atoms in total. The van der Waals surface area contributed by atoms with Gasteiger partial charge in [-0.25, -0.2) is 0 Å². The fraction of sp³-hybridized carbons (Fsp3) is 0.391. The Balaban J connectivity index is 1.39. The number of aromatic nitrogens is 2. The highest BCUT2D eigenvalue weighted by Gasteiger charge is 2.32. The molecule has 2 heterocycles. The zero-order chi connectivity index (χ0) is 22.9. The maximum atomic E-state index is 12.6. The predicted octanol–water partition coefficient (Wildman–Crippen LogP) is 6.20. The third kappa shape index (κ3) is 5.01. The molecule has 4 rings (SSSR count). The number of amides is 1. The summed E-state index contributed by atoms with van der Waals surface area (Å²) in [6.07, 6.45) is 2.91. The van der Waals surface area contributed by atoms with E-state index in [1.807, 2.05) is 0 Å². The summed E-state index contributed by atoms with van der Waals surface area (Å²) in [5.41, 5.74) is 2.70.